The minimum atomic E-state index is -3.46. The third-order valence-electron chi connectivity index (χ3n) is 2.00. The van der Waals surface area contributed by atoms with Crippen LogP contribution in [0, 0.1) is 0 Å². The average Bonchev–Trinajstić information content (AvgIpc) is 2.04. The zero-order valence-corrected chi connectivity index (χ0v) is 7.92. The standard InChI is InChI=1S/C7H12O5S/c8-7(9)5-13(10,11)6-1-3-12-4-2-6/h6H,1-5H2,(H,8,9). The number of sulfone groups is 1. The molecule has 76 valence electrons. The molecular formula is C7H12O5S. The second-order valence-corrected chi connectivity index (χ2v) is 5.29. The van der Waals surface area contributed by atoms with Gasteiger partial charge in [0.05, 0.1) is 5.25 Å². The van der Waals surface area contributed by atoms with Crippen LogP contribution in [0.1, 0.15) is 12.8 Å². The highest BCUT2D eigenvalue weighted by Gasteiger charge is 2.29. The molecule has 0 unspecified atom stereocenters. The molecule has 5 nitrogen and oxygen atoms in total. The first kappa shape index (κ1) is 10.5. The molecule has 1 N–H and O–H groups in total. The lowest BCUT2D eigenvalue weighted by molar-refractivity contribution is -0.134. The molecule has 1 saturated heterocycles. The van der Waals surface area contributed by atoms with Crippen LogP contribution in [0.4, 0.5) is 0 Å². The van der Waals surface area contributed by atoms with Crippen LogP contribution in [0.5, 0.6) is 0 Å². The van der Waals surface area contributed by atoms with Gasteiger partial charge in [0.1, 0.15) is 5.75 Å². The van der Waals surface area contributed by atoms with E-state index in [-0.39, 0.29) is 0 Å². The summed E-state index contributed by atoms with van der Waals surface area (Å²) >= 11 is 0. The minimum absolute atomic E-state index is 0.406. The Morgan fingerprint density at radius 2 is 1.92 bits per heavy atom. The fourth-order valence-electron chi connectivity index (χ4n) is 1.33. The fraction of sp³-hybridized carbons (Fsp3) is 0.857. The van der Waals surface area contributed by atoms with E-state index in [2.05, 4.69) is 0 Å². The van der Waals surface area contributed by atoms with E-state index in [0.29, 0.717) is 26.1 Å². The Balaban J connectivity index is 2.62. The first-order chi connectivity index (χ1) is 6.02. The monoisotopic (exact) mass is 208 g/mol. The molecule has 0 saturated carbocycles. The normalized spacial score (nSPS) is 20.0. The van der Waals surface area contributed by atoms with E-state index in [1.165, 1.54) is 0 Å². The summed E-state index contributed by atoms with van der Waals surface area (Å²) in [6.07, 6.45) is 0.825. The van der Waals surface area contributed by atoms with E-state index < -0.39 is 26.8 Å². The van der Waals surface area contributed by atoms with Crippen LogP contribution in [0.25, 0.3) is 0 Å². The molecule has 0 spiro atoms. The molecule has 0 aliphatic carbocycles. The molecular weight excluding hydrogens is 196 g/mol. The van der Waals surface area contributed by atoms with E-state index >= 15 is 0 Å². The van der Waals surface area contributed by atoms with Crippen molar-refractivity contribution < 1.29 is 23.1 Å². The summed E-state index contributed by atoms with van der Waals surface area (Å²) in [6.45, 7) is 0.813. The van der Waals surface area contributed by atoms with Crippen molar-refractivity contribution in [2.45, 2.75) is 18.1 Å². The number of hydrogen-bond acceptors (Lipinski definition) is 4. The molecule has 0 bridgehead atoms. The predicted molar refractivity (Wildman–Crippen MR) is 45.3 cm³/mol. The number of carboxylic acid groups (broad SMARTS) is 1. The van der Waals surface area contributed by atoms with Gasteiger partial charge in [-0.3, -0.25) is 4.79 Å². The van der Waals surface area contributed by atoms with Crippen molar-refractivity contribution in [1.82, 2.24) is 0 Å². The van der Waals surface area contributed by atoms with Gasteiger partial charge in [-0.05, 0) is 12.8 Å². The van der Waals surface area contributed by atoms with Crippen molar-refractivity contribution in [2.24, 2.45) is 0 Å². The summed E-state index contributed by atoms with van der Waals surface area (Å²) in [4.78, 5) is 10.2. The second-order valence-electron chi connectivity index (χ2n) is 3.01. The molecule has 1 aliphatic rings. The number of ether oxygens (including phenoxy) is 1. The zero-order valence-electron chi connectivity index (χ0n) is 7.10. The van der Waals surface area contributed by atoms with Crippen molar-refractivity contribution in [3.63, 3.8) is 0 Å². The van der Waals surface area contributed by atoms with Gasteiger partial charge in [0.15, 0.2) is 9.84 Å². The minimum Gasteiger partial charge on any atom is -0.480 e. The topological polar surface area (TPSA) is 80.7 Å². The maximum absolute atomic E-state index is 11.4. The maximum atomic E-state index is 11.4. The summed E-state index contributed by atoms with van der Waals surface area (Å²) in [5.74, 6) is -2.05. The molecule has 0 amide bonds. The zero-order chi connectivity index (χ0) is 9.90. The summed E-state index contributed by atoms with van der Waals surface area (Å²) in [5, 5.41) is 7.84. The van der Waals surface area contributed by atoms with Gasteiger partial charge in [-0.25, -0.2) is 8.42 Å². The van der Waals surface area contributed by atoms with Crippen molar-refractivity contribution >= 4 is 15.8 Å². The molecule has 1 rings (SSSR count). The van der Waals surface area contributed by atoms with Crippen LogP contribution in [0.15, 0.2) is 0 Å². The van der Waals surface area contributed by atoms with Gasteiger partial charge in [0.2, 0.25) is 0 Å². The predicted octanol–water partition coefficient (Wildman–Crippen LogP) is -0.335. The molecule has 0 aromatic carbocycles. The Labute approximate surface area is 76.6 Å². The van der Waals surface area contributed by atoms with Gasteiger partial charge in [-0.2, -0.15) is 0 Å². The summed E-state index contributed by atoms with van der Waals surface area (Å²) < 4.78 is 27.7. The van der Waals surface area contributed by atoms with Crippen molar-refractivity contribution in [1.29, 1.82) is 0 Å². The highest BCUT2D eigenvalue weighted by atomic mass is 32.2. The van der Waals surface area contributed by atoms with Gasteiger partial charge in [-0.15, -0.1) is 0 Å². The molecule has 0 aromatic rings. The summed E-state index contributed by atoms with van der Waals surface area (Å²) in [5.41, 5.74) is 0. The lowest BCUT2D eigenvalue weighted by Crippen LogP contribution is -2.32. The SMILES string of the molecule is O=C(O)CS(=O)(=O)C1CCOCC1. The van der Waals surface area contributed by atoms with Crippen LogP contribution in [-0.4, -0.2) is 43.7 Å². The molecule has 1 aliphatic heterocycles. The quantitative estimate of drug-likeness (QED) is 0.686. The Hall–Kier alpha value is -0.620. The van der Waals surface area contributed by atoms with Gasteiger partial charge in [0, 0.05) is 13.2 Å². The van der Waals surface area contributed by atoms with Crippen LogP contribution in [0.3, 0.4) is 0 Å². The van der Waals surface area contributed by atoms with Crippen molar-refractivity contribution in [3.8, 4) is 0 Å². The van der Waals surface area contributed by atoms with Crippen molar-refractivity contribution in [3.05, 3.63) is 0 Å². The van der Waals surface area contributed by atoms with Crippen LogP contribution >= 0.6 is 0 Å². The van der Waals surface area contributed by atoms with Crippen LogP contribution in [0.2, 0.25) is 0 Å². The summed E-state index contributed by atoms with van der Waals surface area (Å²) in [6, 6.07) is 0. The number of carboxylic acids is 1. The Morgan fingerprint density at radius 3 is 2.38 bits per heavy atom. The first-order valence-electron chi connectivity index (χ1n) is 4.03. The molecule has 0 aromatic heterocycles. The average molecular weight is 208 g/mol. The third kappa shape index (κ3) is 2.96. The fourth-order valence-corrected chi connectivity index (χ4v) is 2.82. The van der Waals surface area contributed by atoms with Gasteiger partial charge >= 0.3 is 5.97 Å². The van der Waals surface area contributed by atoms with Gasteiger partial charge in [0.25, 0.3) is 0 Å². The largest absolute Gasteiger partial charge is 0.480 e. The second kappa shape index (κ2) is 4.06. The van der Waals surface area contributed by atoms with Crippen LogP contribution < -0.4 is 0 Å². The smallest absolute Gasteiger partial charge is 0.318 e. The van der Waals surface area contributed by atoms with E-state index in [4.69, 9.17) is 9.84 Å². The number of hydrogen-bond donors (Lipinski definition) is 1. The van der Waals surface area contributed by atoms with E-state index in [9.17, 15) is 13.2 Å². The summed E-state index contributed by atoms with van der Waals surface area (Å²) in [7, 11) is -3.46. The third-order valence-corrected chi connectivity index (χ3v) is 4.14. The Morgan fingerprint density at radius 1 is 1.38 bits per heavy atom. The lowest BCUT2D eigenvalue weighted by Gasteiger charge is -2.21. The number of rotatable bonds is 3. The first-order valence-corrected chi connectivity index (χ1v) is 5.75. The molecule has 13 heavy (non-hydrogen) atoms. The highest BCUT2D eigenvalue weighted by molar-refractivity contribution is 7.92. The van der Waals surface area contributed by atoms with E-state index in [1.807, 2.05) is 0 Å². The van der Waals surface area contributed by atoms with E-state index in [1.54, 1.807) is 0 Å². The molecule has 6 heteroatoms. The molecule has 0 radical (unpaired) electrons. The lowest BCUT2D eigenvalue weighted by atomic mass is 10.2. The van der Waals surface area contributed by atoms with Gasteiger partial charge in [-0.1, -0.05) is 0 Å². The molecule has 1 fully saturated rings. The van der Waals surface area contributed by atoms with Crippen molar-refractivity contribution in [2.75, 3.05) is 19.0 Å². The molecule has 1 heterocycles. The maximum Gasteiger partial charge on any atom is 0.318 e. The van der Waals surface area contributed by atoms with E-state index in [0.717, 1.165) is 0 Å². The Kier molecular flexibility index (Phi) is 3.27. The molecule has 0 atom stereocenters. The van der Waals surface area contributed by atoms with Gasteiger partial charge < -0.3 is 9.84 Å². The Bertz CT molecular complexity index is 275. The highest BCUT2D eigenvalue weighted by Crippen LogP contribution is 2.16. The number of carbonyl (C=O) groups is 1. The number of aliphatic carboxylic acids is 1. The van der Waals surface area contributed by atoms with Crippen LogP contribution in [-0.2, 0) is 19.4 Å².